The summed E-state index contributed by atoms with van der Waals surface area (Å²) >= 11 is 0. The fourth-order valence-electron chi connectivity index (χ4n) is 4.12. The third kappa shape index (κ3) is 1.94. The molecular formula is C23H21N2O+. The number of ether oxygens (including phenoxy) is 1. The van der Waals surface area contributed by atoms with Gasteiger partial charge in [0.05, 0.1) is 5.56 Å². The highest BCUT2D eigenvalue weighted by Crippen LogP contribution is 2.46. The summed E-state index contributed by atoms with van der Waals surface area (Å²) in [5, 5.41) is 2.38. The second-order valence-corrected chi connectivity index (χ2v) is 7.41. The first-order valence-corrected chi connectivity index (χ1v) is 9.09. The Morgan fingerprint density at radius 2 is 1.81 bits per heavy atom. The number of rotatable bonds is 1. The second-order valence-electron chi connectivity index (χ2n) is 7.41. The van der Waals surface area contributed by atoms with E-state index in [4.69, 9.17) is 9.72 Å². The first-order valence-electron chi connectivity index (χ1n) is 9.09. The van der Waals surface area contributed by atoms with Crippen LogP contribution in [-0.2, 0) is 7.05 Å². The van der Waals surface area contributed by atoms with Gasteiger partial charge in [0.25, 0.3) is 11.6 Å². The van der Waals surface area contributed by atoms with Crippen molar-refractivity contribution < 1.29 is 9.30 Å². The van der Waals surface area contributed by atoms with E-state index in [1.54, 1.807) is 0 Å². The van der Waals surface area contributed by atoms with Crippen LogP contribution in [0.3, 0.4) is 0 Å². The topological polar surface area (TPSA) is 26.0 Å². The molecule has 0 fully saturated rings. The highest BCUT2D eigenvalue weighted by Gasteiger charge is 2.32. The normalized spacial score (nSPS) is 12.5. The minimum atomic E-state index is 0.408. The molecule has 26 heavy (non-hydrogen) atoms. The summed E-state index contributed by atoms with van der Waals surface area (Å²) in [5.74, 6) is 2.00. The summed E-state index contributed by atoms with van der Waals surface area (Å²) in [6.45, 7) is 6.57. The summed E-state index contributed by atoms with van der Waals surface area (Å²) in [7, 11) is 2.11. The predicted octanol–water partition coefficient (Wildman–Crippen LogP) is 5.42. The summed E-state index contributed by atoms with van der Waals surface area (Å²) in [6.07, 6.45) is 0. The number of aryl methyl sites for hydroxylation is 2. The van der Waals surface area contributed by atoms with E-state index >= 15 is 0 Å². The molecule has 0 radical (unpaired) electrons. The molecule has 0 spiro atoms. The van der Waals surface area contributed by atoms with E-state index < -0.39 is 0 Å². The van der Waals surface area contributed by atoms with Crippen LogP contribution in [0.4, 0.5) is 0 Å². The smallest absolute Gasteiger partial charge is 0.294 e. The molecule has 0 amide bonds. The Balaban J connectivity index is 1.96. The van der Waals surface area contributed by atoms with Crippen LogP contribution in [-0.4, -0.2) is 4.98 Å². The van der Waals surface area contributed by atoms with Crippen LogP contribution in [0.25, 0.3) is 33.1 Å². The van der Waals surface area contributed by atoms with Crippen molar-refractivity contribution in [2.75, 3.05) is 0 Å². The number of nitrogens with zero attached hydrogens (tertiary/aromatic N) is 2. The monoisotopic (exact) mass is 341 g/mol. The number of fused-ring (bicyclic) bond motifs is 3. The Morgan fingerprint density at radius 3 is 2.62 bits per heavy atom. The Kier molecular flexibility index (Phi) is 3.11. The van der Waals surface area contributed by atoms with Gasteiger partial charge < -0.3 is 4.74 Å². The second kappa shape index (κ2) is 5.28. The summed E-state index contributed by atoms with van der Waals surface area (Å²) in [5.41, 5.74) is 6.93. The Hall–Kier alpha value is -2.94. The van der Waals surface area contributed by atoms with Crippen LogP contribution in [0.15, 0.2) is 48.5 Å². The van der Waals surface area contributed by atoms with Gasteiger partial charge in [-0.3, -0.25) is 0 Å². The lowest BCUT2D eigenvalue weighted by atomic mass is 9.94. The zero-order chi connectivity index (χ0) is 18.0. The molecule has 0 unspecified atom stereocenters. The molecule has 1 aliphatic rings. The van der Waals surface area contributed by atoms with Crippen molar-refractivity contribution >= 4 is 21.8 Å². The van der Waals surface area contributed by atoms with E-state index in [1.165, 1.54) is 27.5 Å². The lowest BCUT2D eigenvalue weighted by Crippen LogP contribution is -2.34. The van der Waals surface area contributed by atoms with Crippen molar-refractivity contribution in [3.8, 4) is 22.9 Å². The number of hydrogen-bond donors (Lipinski definition) is 0. The molecule has 128 valence electrons. The zero-order valence-electron chi connectivity index (χ0n) is 15.5. The third-order valence-electron chi connectivity index (χ3n) is 5.44. The molecule has 0 saturated heterocycles. The van der Waals surface area contributed by atoms with E-state index in [9.17, 15) is 0 Å². The maximum Gasteiger partial charge on any atom is 0.294 e. The van der Waals surface area contributed by atoms with Crippen molar-refractivity contribution in [1.82, 2.24) is 4.98 Å². The van der Waals surface area contributed by atoms with Crippen molar-refractivity contribution in [1.29, 1.82) is 0 Å². The largest absolute Gasteiger partial charge is 0.433 e. The molecule has 0 aliphatic carbocycles. The number of benzene rings is 3. The fraction of sp³-hybridized carbons (Fsp3) is 0.217. The number of para-hydroxylation sites is 1. The molecule has 3 heteroatoms. The van der Waals surface area contributed by atoms with Crippen LogP contribution < -0.4 is 9.30 Å². The number of hydrogen-bond acceptors (Lipinski definition) is 2. The molecule has 5 rings (SSSR count). The van der Waals surface area contributed by atoms with Gasteiger partial charge >= 0.3 is 0 Å². The van der Waals surface area contributed by atoms with Gasteiger partial charge in [-0.15, -0.1) is 0 Å². The van der Waals surface area contributed by atoms with Crippen molar-refractivity contribution in [2.45, 2.75) is 26.7 Å². The lowest BCUT2D eigenvalue weighted by Gasteiger charge is -2.21. The Labute approximate surface area is 152 Å². The molecule has 0 atom stereocenters. The molecule has 1 aromatic heterocycles. The fourth-order valence-corrected chi connectivity index (χ4v) is 4.12. The van der Waals surface area contributed by atoms with Crippen molar-refractivity contribution in [2.24, 2.45) is 7.05 Å². The predicted molar refractivity (Wildman–Crippen MR) is 105 cm³/mol. The van der Waals surface area contributed by atoms with Gasteiger partial charge in [-0.25, -0.2) is 4.98 Å². The van der Waals surface area contributed by atoms with Crippen LogP contribution in [0, 0.1) is 6.92 Å². The van der Waals surface area contributed by atoms with Gasteiger partial charge in [-0.05, 0) is 35.4 Å². The van der Waals surface area contributed by atoms with Crippen LogP contribution in [0.5, 0.6) is 11.6 Å². The molecule has 0 bridgehead atoms. The van der Waals surface area contributed by atoms with Gasteiger partial charge in [0.2, 0.25) is 5.52 Å². The number of aromatic nitrogens is 2. The van der Waals surface area contributed by atoms with E-state index in [2.05, 4.69) is 68.8 Å². The van der Waals surface area contributed by atoms with Crippen molar-refractivity contribution in [3.05, 3.63) is 59.7 Å². The van der Waals surface area contributed by atoms with Crippen molar-refractivity contribution in [3.63, 3.8) is 0 Å². The first-order chi connectivity index (χ1) is 12.6. The molecule has 0 N–H and O–H groups in total. The highest BCUT2D eigenvalue weighted by molar-refractivity contribution is 6.04. The molecule has 3 aromatic carbocycles. The standard InChI is InChI=1S/C23H21N2O/c1-13(2)16-8-6-9-17-21(16)24-23-22(25(17)4)19-14(3)11-12-15-7-5-10-18(26-23)20(15)19/h5-13H,1-4H3/q+1. The van der Waals surface area contributed by atoms with E-state index in [0.29, 0.717) is 11.8 Å². The van der Waals surface area contributed by atoms with Gasteiger partial charge in [0.15, 0.2) is 0 Å². The summed E-state index contributed by atoms with van der Waals surface area (Å²) < 4.78 is 8.53. The first kappa shape index (κ1) is 15.3. The van der Waals surface area contributed by atoms with Gasteiger partial charge in [-0.1, -0.05) is 50.2 Å². The Morgan fingerprint density at radius 1 is 1.00 bits per heavy atom. The van der Waals surface area contributed by atoms with E-state index in [1.807, 2.05) is 12.1 Å². The van der Waals surface area contributed by atoms with Crippen LogP contribution in [0.2, 0.25) is 0 Å². The average Bonchev–Trinajstić information content (AvgIpc) is 2.63. The maximum atomic E-state index is 6.30. The quantitative estimate of drug-likeness (QED) is 0.381. The van der Waals surface area contributed by atoms with Gasteiger partial charge in [0, 0.05) is 11.5 Å². The molecule has 1 aliphatic heterocycles. The van der Waals surface area contributed by atoms with Crippen LogP contribution in [0.1, 0.15) is 30.9 Å². The maximum absolute atomic E-state index is 6.30. The van der Waals surface area contributed by atoms with Gasteiger partial charge in [-0.2, -0.15) is 4.57 Å². The SMILES string of the molecule is Cc1ccc2cccc3c2c1-c1c(nc2c(C(C)C)cccc2[n+]1C)O3. The molecule has 2 heterocycles. The lowest BCUT2D eigenvalue weighted by molar-refractivity contribution is -0.634. The summed E-state index contributed by atoms with van der Waals surface area (Å²) in [4.78, 5) is 4.98. The minimum absolute atomic E-state index is 0.408. The minimum Gasteiger partial charge on any atom is -0.433 e. The van der Waals surface area contributed by atoms with E-state index in [0.717, 1.165) is 22.5 Å². The highest BCUT2D eigenvalue weighted by atomic mass is 16.5. The van der Waals surface area contributed by atoms with Crippen LogP contribution >= 0.6 is 0 Å². The van der Waals surface area contributed by atoms with E-state index in [-0.39, 0.29) is 0 Å². The third-order valence-corrected chi connectivity index (χ3v) is 5.44. The molecule has 0 saturated carbocycles. The molecule has 3 nitrogen and oxygen atoms in total. The van der Waals surface area contributed by atoms with Gasteiger partial charge in [0.1, 0.15) is 18.3 Å². The Bertz CT molecular complexity index is 1210. The summed E-state index contributed by atoms with van der Waals surface area (Å²) in [6, 6.07) is 17.0. The molecular weight excluding hydrogens is 320 g/mol. The zero-order valence-corrected chi connectivity index (χ0v) is 15.5. The average molecular weight is 341 g/mol. The molecule has 4 aromatic rings.